The van der Waals surface area contributed by atoms with Gasteiger partial charge < -0.3 is 4.90 Å². The van der Waals surface area contributed by atoms with Gasteiger partial charge in [0.05, 0.1) is 5.75 Å². The third-order valence-corrected chi connectivity index (χ3v) is 4.32. The van der Waals surface area contributed by atoms with Crippen LogP contribution in [-0.4, -0.2) is 51.1 Å². The normalized spacial score (nSPS) is 18.5. The van der Waals surface area contributed by atoms with Gasteiger partial charge in [0.15, 0.2) is 0 Å². The molecule has 0 aliphatic carbocycles. The van der Waals surface area contributed by atoms with Gasteiger partial charge in [0.25, 0.3) is 0 Å². The van der Waals surface area contributed by atoms with Crippen molar-refractivity contribution >= 4 is 21.6 Å². The lowest BCUT2D eigenvalue weighted by Crippen LogP contribution is -2.30. The van der Waals surface area contributed by atoms with Crippen molar-refractivity contribution in [1.29, 1.82) is 0 Å². The fourth-order valence-corrected chi connectivity index (χ4v) is 3.12. The maximum Gasteiger partial charge on any atom is 0.212 e. The van der Waals surface area contributed by atoms with Crippen LogP contribution in [0.15, 0.2) is 0 Å². The van der Waals surface area contributed by atoms with E-state index in [1.165, 1.54) is 12.8 Å². The highest BCUT2D eigenvalue weighted by Crippen LogP contribution is 2.06. The standard InChI is InChI=1S/C9H19ClN2O2S/c10-4-9-15(13,14)11-5-3-8-12-6-1-2-7-12/h11H,1-9H2. The number of nitrogens with zero attached hydrogens (tertiary/aromatic N) is 1. The number of rotatable bonds is 7. The quantitative estimate of drug-likeness (QED) is 0.536. The molecule has 0 saturated carbocycles. The molecule has 4 nitrogen and oxygen atoms in total. The van der Waals surface area contributed by atoms with E-state index in [2.05, 4.69) is 9.62 Å². The average Bonchev–Trinajstić information content (AvgIpc) is 2.65. The Morgan fingerprint density at radius 2 is 1.93 bits per heavy atom. The van der Waals surface area contributed by atoms with E-state index < -0.39 is 10.0 Å². The number of likely N-dealkylation sites (tertiary alicyclic amines) is 1. The number of hydrogen-bond acceptors (Lipinski definition) is 3. The average molecular weight is 255 g/mol. The van der Waals surface area contributed by atoms with Gasteiger partial charge in [-0.3, -0.25) is 0 Å². The van der Waals surface area contributed by atoms with E-state index in [-0.39, 0.29) is 11.6 Å². The second-order valence-electron chi connectivity index (χ2n) is 3.80. The Morgan fingerprint density at radius 3 is 2.53 bits per heavy atom. The molecule has 1 N–H and O–H groups in total. The van der Waals surface area contributed by atoms with Crippen molar-refractivity contribution in [2.75, 3.05) is 37.8 Å². The second-order valence-corrected chi connectivity index (χ2v) is 6.11. The van der Waals surface area contributed by atoms with Crippen LogP contribution in [0.3, 0.4) is 0 Å². The summed E-state index contributed by atoms with van der Waals surface area (Å²) < 4.78 is 25.0. The molecule has 90 valence electrons. The topological polar surface area (TPSA) is 49.4 Å². The zero-order valence-corrected chi connectivity index (χ0v) is 10.5. The largest absolute Gasteiger partial charge is 0.303 e. The molecule has 1 saturated heterocycles. The Balaban J connectivity index is 2.05. The predicted octanol–water partition coefficient (Wildman–Crippen LogP) is 0.631. The molecule has 1 rings (SSSR count). The van der Waals surface area contributed by atoms with E-state index in [9.17, 15) is 8.42 Å². The minimum absolute atomic E-state index is 0.0122. The Kier molecular flexibility index (Phi) is 5.89. The van der Waals surface area contributed by atoms with Crippen LogP contribution >= 0.6 is 11.6 Å². The minimum Gasteiger partial charge on any atom is -0.303 e. The van der Waals surface area contributed by atoms with Gasteiger partial charge in [0.2, 0.25) is 10.0 Å². The van der Waals surface area contributed by atoms with Gasteiger partial charge >= 0.3 is 0 Å². The SMILES string of the molecule is O=S(=O)(CCCl)NCCCN1CCCC1. The highest BCUT2D eigenvalue weighted by molar-refractivity contribution is 7.89. The summed E-state index contributed by atoms with van der Waals surface area (Å²) in [6.07, 6.45) is 3.43. The lowest BCUT2D eigenvalue weighted by molar-refractivity contribution is 0.334. The molecule has 0 radical (unpaired) electrons. The molecule has 1 aliphatic rings. The van der Waals surface area contributed by atoms with E-state index in [4.69, 9.17) is 11.6 Å². The monoisotopic (exact) mass is 254 g/mol. The van der Waals surface area contributed by atoms with Crippen molar-refractivity contribution in [2.45, 2.75) is 19.3 Å². The molecule has 0 atom stereocenters. The Labute approximate surface area is 97.0 Å². The summed E-state index contributed by atoms with van der Waals surface area (Å²) in [7, 11) is -3.13. The summed E-state index contributed by atoms with van der Waals surface area (Å²) in [5.41, 5.74) is 0. The first-order valence-electron chi connectivity index (χ1n) is 5.40. The van der Waals surface area contributed by atoms with Gasteiger partial charge in [-0.1, -0.05) is 0 Å². The number of hydrogen-bond donors (Lipinski definition) is 1. The second kappa shape index (κ2) is 6.68. The van der Waals surface area contributed by atoms with Gasteiger partial charge in [-0.15, -0.1) is 11.6 Å². The van der Waals surface area contributed by atoms with Gasteiger partial charge in [-0.2, -0.15) is 0 Å². The van der Waals surface area contributed by atoms with Crippen LogP contribution in [-0.2, 0) is 10.0 Å². The third kappa shape index (κ3) is 5.70. The van der Waals surface area contributed by atoms with E-state index in [1.807, 2.05) is 0 Å². The summed E-state index contributed by atoms with van der Waals surface area (Å²) in [5, 5.41) is 0. The Morgan fingerprint density at radius 1 is 1.27 bits per heavy atom. The van der Waals surface area contributed by atoms with Gasteiger partial charge in [-0.25, -0.2) is 13.1 Å². The summed E-state index contributed by atoms with van der Waals surface area (Å²) in [6.45, 7) is 3.84. The molecule has 1 fully saturated rings. The van der Waals surface area contributed by atoms with Crippen molar-refractivity contribution in [3.05, 3.63) is 0 Å². The van der Waals surface area contributed by atoms with Crippen LogP contribution in [0.4, 0.5) is 0 Å². The first-order chi connectivity index (χ1) is 7.14. The van der Waals surface area contributed by atoms with Crippen molar-refractivity contribution < 1.29 is 8.42 Å². The molecule has 0 aromatic carbocycles. The molecule has 0 aromatic rings. The van der Waals surface area contributed by atoms with Crippen LogP contribution in [0.5, 0.6) is 0 Å². The zero-order valence-electron chi connectivity index (χ0n) is 8.91. The zero-order chi connectivity index (χ0) is 11.1. The molecule has 1 aliphatic heterocycles. The molecule has 0 spiro atoms. The summed E-state index contributed by atoms with van der Waals surface area (Å²) >= 11 is 5.38. The fourth-order valence-electron chi connectivity index (χ4n) is 1.71. The third-order valence-electron chi connectivity index (χ3n) is 2.52. The van der Waals surface area contributed by atoms with Gasteiger partial charge in [-0.05, 0) is 38.9 Å². The van der Waals surface area contributed by atoms with Crippen molar-refractivity contribution in [1.82, 2.24) is 9.62 Å². The summed E-state index contributed by atoms with van der Waals surface area (Å²) in [4.78, 5) is 2.37. The first-order valence-corrected chi connectivity index (χ1v) is 7.58. The van der Waals surface area contributed by atoms with E-state index in [0.717, 1.165) is 26.1 Å². The van der Waals surface area contributed by atoms with Crippen LogP contribution in [0.25, 0.3) is 0 Å². The van der Waals surface area contributed by atoms with E-state index >= 15 is 0 Å². The molecular formula is C9H19ClN2O2S. The summed E-state index contributed by atoms with van der Waals surface area (Å²) in [5.74, 6) is 0.166. The molecule has 1 heterocycles. The maximum atomic E-state index is 11.2. The van der Waals surface area contributed by atoms with Crippen molar-refractivity contribution in [2.24, 2.45) is 0 Å². The molecule has 0 unspecified atom stereocenters. The van der Waals surface area contributed by atoms with E-state index in [0.29, 0.717) is 6.54 Å². The fraction of sp³-hybridized carbons (Fsp3) is 1.00. The van der Waals surface area contributed by atoms with Gasteiger partial charge in [0, 0.05) is 12.4 Å². The summed E-state index contributed by atoms with van der Waals surface area (Å²) in [6, 6.07) is 0. The molecule has 0 bridgehead atoms. The highest BCUT2D eigenvalue weighted by Gasteiger charge is 2.11. The Hall–Kier alpha value is 0.160. The molecule has 0 amide bonds. The molecule has 0 aromatic heterocycles. The van der Waals surface area contributed by atoms with Crippen LogP contribution < -0.4 is 4.72 Å². The molecule has 6 heteroatoms. The molecule has 15 heavy (non-hydrogen) atoms. The number of halogens is 1. The molecular weight excluding hydrogens is 236 g/mol. The predicted molar refractivity (Wildman–Crippen MR) is 62.8 cm³/mol. The van der Waals surface area contributed by atoms with Crippen molar-refractivity contribution in [3.63, 3.8) is 0 Å². The van der Waals surface area contributed by atoms with Crippen LogP contribution in [0.1, 0.15) is 19.3 Å². The van der Waals surface area contributed by atoms with Gasteiger partial charge in [0.1, 0.15) is 0 Å². The van der Waals surface area contributed by atoms with Crippen molar-refractivity contribution in [3.8, 4) is 0 Å². The van der Waals surface area contributed by atoms with Crippen LogP contribution in [0.2, 0.25) is 0 Å². The van der Waals surface area contributed by atoms with E-state index in [1.54, 1.807) is 0 Å². The first kappa shape index (κ1) is 13.2. The maximum absolute atomic E-state index is 11.2. The number of alkyl halides is 1. The highest BCUT2D eigenvalue weighted by atomic mass is 35.5. The minimum atomic E-state index is -3.13. The smallest absolute Gasteiger partial charge is 0.212 e. The Bertz CT molecular complexity index is 263. The lowest BCUT2D eigenvalue weighted by Gasteiger charge is -2.14. The number of nitrogens with one attached hydrogen (secondary N) is 1. The van der Waals surface area contributed by atoms with Crippen LogP contribution in [0, 0.1) is 0 Å². The lowest BCUT2D eigenvalue weighted by atomic mass is 10.4. The number of sulfonamides is 1.